The second kappa shape index (κ2) is 8.83. The molecule has 32 heavy (non-hydrogen) atoms. The average Bonchev–Trinajstić information content (AvgIpc) is 3.45. The highest BCUT2D eigenvalue weighted by molar-refractivity contribution is 5.91. The number of carbonyl (C=O) groups is 2. The largest absolute Gasteiger partial charge is 0.370 e. The van der Waals surface area contributed by atoms with Gasteiger partial charge in [-0.05, 0) is 31.5 Å². The number of primary amides is 1. The van der Waals surface area contributed by atoms with Gasteiger partial charge in [-0.1, -0.05) is 44.2 Å². The minimum Gasteiger partial charge on any atom is -0.370 e. The second-order valence-corrected chi connectivity index (χ2v) is 9.98. The third-order valence-electron chi connectivity index (χ3n) is 8.17. The highest BCUT2D eigenvalue weighted by atomic mass is 16.2. The summed E-state index contributed by atoms with van der Waals surface area (Å²) < 4.78 is 0.130. The monoisotopic (exact) mass is 441 g/mol. The van der Waals surface area contributed by atoms with Crippen LogP contribution >= 0.6 is 0 Å². The highest BCUT2D eigenvalue weighted by Gasteiger charge is 2.79. The van der Waals surface area contributed by atoms with Crippen molar-refractivity contribution in [2.45, 2.75) is 69.5 Å². The Bertz CT molecular complexity index is 881. The lowest BCUT2D eigenvalue weighted by Gasteiger charge is -2.41. The van der Waals surface area contributed by atoms with Gasteiger partial charge in [-0.15, -0.1) is 0 Å². The van der Waals surface area contributed by atoms with Crippen LogP contribution < -0.4 is 22.1 Å². The third kappa shape index (κ3) is 3.90. The summed E-state index contributed by atoms with van der Waals surface area (Å²) >= 11 is 0. The Balaban J connectivity index is 1.62. The molecule has 4 rings (SSSR count). The summed E-state index contributed by atoms with van der Waals surface area (Å²) in [6.45, 7) is 1.12. The summed E-state index contributed by atoms with van der Waals surface area (Å²) in [5.41, 5.74) is 12.3. The molecule has 0 aromatic heterocycles. The quantitative estimate of drug-likeness (QED) is 0.239. The molecule has 1 heterocycles. The van der Waals surface area contributed by atoms with Crippen LogP contribution in [0.25, 0.3) is 0 Å². The predicted molar refractivity (Wildman–Crippen MR) is 125 cm³/mol. The number of quaternary nitrogens is 1. The van der Waals surface area contributed by atoms with Crippen LogP contribution in [0.15, 0.2) is 24.3 Å². The van der Waals surface area contributed by atoms with Crippen molar-refractivity contribution >= 4 is 23.5 Å². The first-order chi connectivity index (χ1) is 15.3. The fourth-order valence-corrected chi connectivity index (χ4v) is 6.43. The van der Waals surface area contributed by atoms with Gasteiger partial charge >= 0.3 is 5.91 Å². The molecule has 3 fully saturated rings. The number of rotatable bonds is 8. The van der Waals surface area contributed by atoms with Crippen LogP contribution in [0.2, 0.25) is 0 Å². The van der Waals surface area contributed by atoms with Gasteiger partial charge in [0.25, 0.3) is 5.91 Å². The number of piperidine rings is 1. The molecule has 2 saturated carbocycles. The number of likely N-dealkylation sites (N-methyl/N-ethyl adjacent to an activating group) is 1. The van der Waals surface area contributed by atoms with Gasteiger partial charge in [-0.25, -0.2) is 9.28 Å². The van der Waals surface area contributed by atoms with E-state index in [1.54, 1.807) is 0 Å². The summed E-state index contributed by atoms with van der Waals surface area (Å²) in [5, 5.41) is 13.5. The van der Waals surface area contributed by atoms with Crippen LogP contribution in [0.3, 0.4) is 0 Å². The van der Waals surface area contributed by atoms with E-state index in [1.165, 1.54) is 32.1 Å². The maximum atomic E-state index is 14.2. The minimum absolute atomic E-state index is 0.114. The van der Waals surface area contributed by atoms with E-state index < -0.39 is 5.54 Å². The van der Waals surface area contributed by atoms with E-state index in [1.807, 2.05) is 31.3 Å². The fraction of sp³-hybridized carbons (Fsp3) is 0.625. The van der Waals surface area contributed by atoms with Crippen LogP contribution in [0.4, 0.5) is 5.69 Å². The summed E-state index contributed by atoms with van der Waals surface area (Å²) in [7, 11) is 1.86. The molecular formula is C24H37N6O2+. The van der Waals surface area contributed by atoms with Gasteiger partial charge in [0.1, 0.15) is 12.6 Å². The number of hydrogen-bond donors (Lipinski definition) is 5. The molecule has 3 aliphatic rings. The molecule has 8 nitrogen and oxygen atoms in total. The zero-order chi connectivity index (χ0) is 22.9. The Morgan fingerprint density at radius 2 is 1.84 bits per heavy atom. The molecule has 1 unspecified atom stereocenters. The van der Waals surface area contributed by atoms with Gasteiger partial charge in [0.15, 0.2) is 11.5 Å². The number of likely N-dealkylation sites (tertiary alicyclic amines) is 1. The zero-order valence-corrected chi connectivity index (χ0v) is 19.0. The SMILES string of the molecule is CN[C@H](CC1CCCCC1)C(=O)[N+]1(Cc2ccc(NC(=N)N)cc2)CC[C@@H]2C[C@@]21C(N)=O. The summed E-state index contributed by atoms with van der Waals surface area (Å²) in [6, 6.07) is 7.32. The van der Waals surface area contributed by atoms with Gasteiger partial charge in [-0.2, -0.15) is 0 Å². The number of nitrogens with two attached hydrogens (primary N) is 2. The molecule has 174 valence electrons. The molecular weight excluding hydrogens is 404 g/mol. The number of guanidine groups is 1. The normalized spacial score (nSPS) is 30.3. The maximum Gasteiger partial charge on any atom is 0.331 e. The number of fused-ring (bicyclic) bond motifs is 1. The van der Waals surface area contributed by atoms with Crippen LogP contribution in [0.5, 0.6) is 0 Å². The Morgan fingerprint density at radius 3 is 2.41 bits per heavy atom. The summed E-state index contributed by atoms with van der Waals surface area (Å²) in [4.78, 5) is 26.9. The number of carbonyl (C=O) groups excluding carboxylic acids is 2. The number of amides is 2. The first-order valence-corrected chi connectivity index (χ1v) is 11.9. The molecule has 7 N–H and O–H groups in total. The zero-order valence-electron chi connectivity index (χ0n) is 19.0. The average molecular weight is 442 g/mol. The van der Waals surface area contributed by atoms with Gasteiger partial charge in [0, 0.05) is 30.0 Å². The van der Waals surface area contributed by atoms with E-state index in [0.29, 0.717) is 25.4 Å². The molecule has 1 aromatic carbocycles. The molecule has 0 spiro atoms. The lowest BCUT2D eigenvalue weighted by molar-refractivity contribution is -0.885. The summed E-state index contributed by atoms with van der Waals surface area (Å²) in [6.07, 6.45) is 8.52. The maximum absolute atomic E-state index is 14.2. The van der Waals surface area contributed by atoms with E-state index >= 15 is 0 Å². The topological polar surface area (TPSA) is 134 Å². The van der Waals surface area contributed by atoms with Crippen molar-refractivity contribution in [3.05, 3.63) is 29.8 Å². The Morgan fingerprint density at radius 1 is 1.16 bits per heavy atom. The van der Waals surface area contributed by atoms with Crippen molar-refractivity contribution in [2.75, 3.05) is 18.9 Å². The van der Waals surface area contributed by atoms with Crippen molar-refractivity contribution in [3.8, 4) is 0 Å². The minimum atomic E-state index is -0.769. The van der Waals surface area contributed by atoms with Crippen LogP contribution in [0, 0.1) is 17.2 Å². The lowest BCUT2D eigenvalue weighted by atomic mass is 9.84. The van der Waals surface area contributed by atoms with Crippen LogP contribution in [0.1, 0.15) is 56.9 Å². The van der Waals surface area contributed by atoms with Crippen molar-refractivity contribution in [1.82, 2.24) is 5.32 Å². The van der Waals surface area contributed by atoms with Gasteiger partial charge in [0.05, 0.1) is 6.54 Å². The van der Waals surface area contributed by atoms with E-state index in [9.17, 15) is 9.59 Å². The number of hydrogen-bond acceptors (Lipinski definition) is 4. The lowest BCUT2D eigenvalue weighted by Crippen LogP contribution is -2.67. The molecule has 1 aliphatic heterocycles. The van der Waals surface area contributed by atoms with Crippen molar-refractivity contribution in [1.29, 1.82) is 5.41 Å². The first kappa shape index (κ1) is 22.7. The van der Waals surface area contributed by atoms with Gasteiger partial charge in [0.2, 0.25) is 0 Å². The van der Waals surface area contributed by atoms with Crippen LogP contribution in [-0.4, -0.2) is 47.4 Å². The second-order valence-electron chi connectivity index (χ2n) is 9.98. The molecule has 4 atom stereocenters. The van der Waals surface area contributed by atoms with E-state index in [4.69, 9.17) is 16.9 Å². The number of benzene rings is 1. The molecule has 1 aromatic rings. The van der Waals surface area contributed by atoms with Crippen molar-refractivity contribution in [2.24, 2.45) is 23.3 Å². The number of nitrogens with one attached hydrogen (secondary N) is 3. The molecule has 8 heteroatoms. The van der Waals surface area contributed by atoms with Crippen LogP contribution in [-0.2, 0) is 16.1 Å². The van der Waals surface area contributed by atoms with E-state index in [2.05, 4.69) is 10.6 Å². The Labute approximate surface area is 190 Å². The molecule has 2 aliphatic carbocycles. The van der Waals surface area contributed by atoms with Crippen molar-refractivity contribution < 1.29 is 14.1 Å². The molecule has 0 radical (unpaired) electrons. The smallest absolute Gasteiger partial charge is 0.331 e. The van der Waals surface area contributed by atoms with E-state index in [0.717, 1.165) is 24.1 Å². The molecule has 2 amide bonds. The standard InChI is InChI=1S/C24H36N6O2/c1-28-20(13-16-5-3-2-4-6-16)21(31)30(12-11-18-14-24(18,30)22(25)32)15-17-7-9-19(10-8-17)29-23(26)27/h7-10,16,18,20,28H,2-6,11-15H2,1H3,(H5-,25,26,27,29,32)/p+1/t18-,20-,24+,30?/m1/s1. The number of anilines is 1. The molecule has 1 saturated heterocycles. The van der Waals surface area contributed by atoms with Gasteiger partial charge in [-0.3, -0.25) is 10.2 Å². The predicted octanol–water partition coefficient (Wildman–Crippen LogP) is 2.04. The van der Waals surface area contributed by atoms with E-state index in [-0.39, 0.29) is 34.2 Å². The Kier molecular flexibility index (Phi) is 6.27. The third-order valence-corrected chi connectivity index (χ3v) is 8.17. The number of nitrogens with zero attached hydrogens (tertiary/aromatic N) is 1. The first-order valence-electron chi connectivity index (χ1n) is 11.9. The molecule has 0 bridgehead atoms. The summed E-state index contributed by atoms with van der Waals surface area (Å²) in [5.74, 6) is 0.418. The Hall–Kier alpha value is -2.45. The van der Waals surface area contributed by atoms with Crippen molar-refractivity contribution in [3.63, 3.8) is 0 Å². The highest BCUT2D eigenvalue weighted by Crippen LogP contribution is 2.61. The van der Waals surface area contributed by atoms with Gasteiger partial charge < -0.3 is 22.1 Å². The fourth-order valence-electron chi connectivity index (χ4n) is 6.43.